The van der Waals surface area contributed by atoms with Crippen molar-refractivity contribution in [2.45, 2.75) is 6.54 Å². The number of aryl methyl sites for hydroxylation is 1. The molecule has 1 aromatic heterocycles. The number of rotatable bonds is 4. The fraction of sp³-hybridized carbons (Fsp3) is 0.571. The van der Waals surface area contributed by atoms with Crippen molar-refractivity contribution in [3.63, 3.8) is 0 Å². The van der Waals surface area contributed by atoms with Crippen molar-refractivity contribution >= 4 is 11.5 Å². The molecular formula is C7H15N5O. The highest BCUT2D eigenvalue weighted by Gasteiger charge is 2.08. The molecule has 0 unspecified atom stereocenters. The number of hydrogen-bond donors (Lipinski definition) is 4. The number of nitrogens with one attached hydrogen (secondary N) is 1. The molecule has 0 saturated carbocycles. The van der Waals surface area contributed by atoms with E-state index < -0.39 is 0 Å². The Balaban J connectivity index is 2.61. The molecule has 0 aliphatic carbocycles. The molecule has 0 radical (unpaired) electrons. The topological polar surface area (TPSA) is 102 Å². The summed E-state index contributed by atoms with van der Waals surface area (Å²) in [5.41, 5.74) is 12.5. The van der Waals surface area contributed by atoms with E-state index in [0.717, 1.165) is 0 Å². The zero-order valence-electron chi connectivity index (χ0n) is 7.62. The van der Waals surface area contributed by atoms with Crippen LogP contribution in [0, 0.1) is 0 Å². The third-order valence-corrected chi connectivity index (χ3v) is 1.79. The summed E-state index contributed by atoms with van der Waals surface area (Å²) in [7, 11) is 1.74. The van der Waals surface area contributed by atoms with Gasteiger partial charge < -0.3 is 21.9 Å². The molecule has 0 bridgehead atoms. The Morgan fingerprint density at radius 3 is 2.69 bits per heavy atom. The molecule has 0 aromatic carbocycles. The van der Waals surface area contributed by atoms with Crippen LogP contribution in [0.1, 0.15) is 5.69 Å². The molecule has 0 spiro atoms. The Bertz CT molecular complexity index is 283. The van der Waals surface area contributed by atoms with E-state index in [4.69, 9.17) is 16.6 Å². The summed E-state index contributed by atoms with van der Waals surface area (Å²) in [5, 5.41) is 15.6. The van der Waals surface area contributed by atoms with Gasteiger partial charge >= 0.3 is 0 Å². The molecule has 6 N–H and O–H groups in total. The van der Waals surface area contributed by atoms with Gasteiger partial charge in [-0.15, -0.1) is 0 Å². The van der Waals surface area contributed by atoms with Crippen LogP contribution in [0.4, 0.5) is 11.5 Å². The van der Waals surface area contributed by atoms with Crippen molar-refractivity contribution in [1.29, 1.82) is 0 Å². The molecule has 6 heteroatoms. The fourth-order valence-corrected chi connectivity index (χ4v) is 1.03. The van der Waals surface area contributed by atoms with Crippen molar-refractivity contribution in [2.75, 3.05) is 24.6 Å². The van der Waals surface area contributed by atoms with Gasteiger partial charge in [0, 0.05) is 20.1 Å². The van der Waals surface area contributed by atoms with Crippen molar-refractivity contribution < 1.29 is 5.11 Å². The number of hydrogen-bond acceptors (Lipinski definition) is 5. The first kappa shape index (κ1) is 9.82. The summed E-state index contributed by atoms with van der Waals surface area (Å²) in [4.78, 5) is 0. The van der Waals surface area contributed by atoms with E-state index in [1.54, 1.807) is 7.05 Å². The first-order valence-corrected chi connectivity index (χ1v) is 4.05. The van der Waals surface area contributed by atoms with Gasteiger partial charge in [0.15, 0.2) is 0 Å². The van der Waals surface area contributed by atoms with E-state index in [-0.39, 0.29) is 6.61 Å². The number of nitrogens with zero attached hydrogens (tertiary/aromatic N) is 2. The molecular weight excluding hydrogens is 170 g/mol. The van der Waals surface area contributed by atoms with Gasteiger partial charge in [0.2, 0.25) is 0 Å². The van der Waals surface area contributed by atoms with Crippen LogP contribution in [0.25, 0.3) is 0 Å². The van der Waals surface area contributed by atoms with Crippen LogP contribution < -0.4 is 16.8 Å². The normalized spacial score (nSPS) is 10.6. The van der Waals surface area contributed by atoms with Gasteiger partial charge in [-0.25, -0.2) is 0 Å². The number of nitrogen functional groups attached to an aromatic ring is 2. The number of aliphatic hydroxyl groups excluding tert-OH is 1. The molecule has 1 rings (SSSR count). The second-order valence-electron chi connectivity index (χ2n) is 2.77. The van der Waals surface area contributed by atoms with Gasteiger partial charge in [0.1, 0.15) is 11.5 Å². The minimum absolute atomic E-state index is 0.0994. The first-order valence-electron chi connectivity index (χ1n) is 4.05. The van der Waals surface area contributed by atoms with Gasteiger partial charge in [-0.3, -0.25) is 4.68 Å². The summed E-state index contributed by atoms with van der Waals surface area (Å²) in [6, 6.07) is 0. The Kier molecular flexibility index (Phi) is 3.10. The maximum Gasteiger partial charge on any atom is 0.145 e. The highest BCUT2D eigenvalue weighted by atomic mass is 16.3. The van der Waals surface area contributed by atoms with E-state index in [1.807, 2.05) is 0 Å². The monoisotopic (exact) mass is 185 g/mol. The molecule has 13 heavy (non-hydrogen) atoms. The Hall–Kier alpha value is -1.27. The van der Waals surface area contributed by atoms with Crippen LogP contribution in [-0.2, 0) is 13.6 Å². The Morgan fingerprint density at radius 2 is 2.23 bits per heavy atom. The van der Waals surface area contributed by atoms with E-state index >= 15 is 0 Å². The quantitative estimate of drug-likeness (QED) is 0.435. The largest absolute Gasteiger partial charge is 0.395 e. The maximum atomic E-state index is 8.53. The summed E-state index contributed by atoms with van der Waals surface area (Å²) in [6.45, 7) is 1.15. The molecule has 0 saturated heterocycles. The molecule has 0 aliphatic heterocycles. The second kappa shape index (κ2) is 4.11. The average molecular weight is 185 g/mol. The predicted octanol–water partition coefficient (Wildman–Crippen LogP) is -1.33. The number of anilines is 2. The van der Waals surface area contributed by atoms with Crippen LogP contribution in [0.2, 0.25) is 0 Å². The minimum Gasteiger partial charge on any atom is -0.395 e. The van der Waals surface area contributed by atoms with Crippen molar-refractivity contribution in [3.8, 4) is 0 Å². The maximum absolute atomic E-state index is 8.53. The second-order valence-corrected chi connectivity index (χ2v) is 2.77. The molecule has 0 fully saturated rings. The third kappa shape index (κ3) is 2.10. The molecule has 6 nitrogen and oxygen atoms in total. The third-order valence-electron chi connectivity index (χ3n) is 1.79. The van der Waals surface area contributed by atoms with Gasteiger partial charge in [-0.05, 0) is 0 Å². The molecule has 0 atom stereocenters. The molecule has 0 aliphatic rings. The summed E-state index contributed by atoms with van der Waals surface area (Å²) < 4.78 is 1.53. The fourth-order valence-electron chi connectivity index (χ4n) is 1.03. The summed E-state index contributed by atoms with van der Waals surface area (Å²) in [5.74, 6) is 0.473. The lowest BCUT2D eigenvalue weighted by Crippen LogP contribution is -2.18. The average Bonchev–Trinajstić information content (AvgIpc) is 2.34. The Morgan fingerprint density at radius 1 is 1.54 bits per heavy atom. The molecule has 74 valence electrons. The first-order chi connectivity index (χ1) is 6.16. The Labute approximate surface area is 76.5 Å². The van der Waals surface area contributed by atoms with Crippen LogP contribution in [0.5, 0.6) is 0 Å². The standard InChI is InChI=1S/C7H15N5O/c1-12-7(9)6(8)5(11-12)4-10-2-3-13/h10,13H,2-4,8-9H2,1H3. The highest BCUT2D eigenvalue weighted by molar-refractivity contribution is 5.61. The van der Waals surface area contributed by atoms with Crippen molar-refractivity contribution in [1.82, 2.24) is 15.1 Å². The van der Waals surface area contributed by atoms with E-state index in [2.05, 4.69) is 10.4 Å². The van der Waals surface area contributed by atoms with Crippen LogP contribution in [-0.4, -0.2) is 28.0 Å². The van der Waals surface area contributed by atoms with Crippen LogP contribution in [0.15, 0.2) is 0 Å². The smallest absolute Gasteiger partial charge is 0.145 e. The predicted molar refractivity (Wildman–Crippen MR) is 50.8 cm³/mol. The van der Waals surface area contributed by atoms with Gasteiger partial charge in [0.05, 0.1) is 12.3 Å². The zero-order valence-corrected chi connectivity index (χ0v) is 7.62. The summed E-state index contributed by atoms with van der Waals surface area (Å²) in [6.07, 6.45) is 0. The van der Waals surface area contributed by atoms with E-state index in [0.29, 0.717) is 30.3 Å². The van der Waals surface area contributed by atoms with E-state index in [9.17, 15) is 0 Å². The van der Waals surface area contributed by atoms with Crippen molar-refractivity contribution in [3.05, 3.63) is 5.69 Å². The van der Waals surface area contributed by atoms with Crippen LogP contribution in [0.3, 0.4) is 0 Å². The zero-order chi connectivity index (χ0) is 9.84. The van der Waals surface area contributed by atoms with Gasteiger partial charge in [0.25, 0.3) is 0 Å². The molecule has 1 aromatic rings. The van der Waals surface area contributed by atoms with E-state index in [1.165, 1.54) is 4.68 Å². The van der Waals surface area contributed by atoms with Gasteiger partial charge in [-0.1, -0.05) is 0 Å². The summed E-state index contributed by atoms with van der Waals surface area (Å²) >= 11 is 0. The number of aliphatic hydroxyl groups is 1. The van der Waals surface area contributed by atoms with Crippen molar-refractivity contribution in [2.24, 2.45) is 7.05 Å². The number of aromatic nitrogens is 2. The SMILES string of the molecule is Cn1nc(CNCCO)c(N)c1N. The molecule has 1 heterocycles. The van der Waals surface area contributed by atoms with Gasteiger partial charge in [-0.2, -0.15) is 5.10 Å². The lowest BCUT2D eigenvalue weighted by atomic mass is 10.3. The minimum atomic E-state index is 0.0994. The number of nitrogens with two attached hydrogens (primary N) is 2. The highest BCUT2D eigenvalue weighted by Crippen LogP contribution is 2.17. The molecule has 0 amide bonds. The lowest BCUT2D eigenvalue weighted by molar-refractivity contribution is 0.291. The lowest BCUT2D eigenvalue weighted by Gasteiger charge is -1.99. The van der Waals surface area contributed by atoms with Crippen LogP contribution >= 0.6 is 0 Å².